The maximum atomic E-state index is 8.36. The summed E-state index contributed by atoms with van der Waals surface area (Å²) in [5.74, 6) is 0.853. The van der Waals surface area contributed by atoms with Crippen molar-refractivity contribution in [2.45, 2.75) is 19.8 Å². The standard InChI is InChI=1S/C12H16N2O/c1-2-14-11-6-5-7-12(10-11)15-9-4-3-8-13/h5-7,10,14H,2-4,9H2,1H3. The van der Waals surface area contributed by atoms with E-state index in [1.165, 1.54) is 0 Å². The summed E-state index contributed by atoms with van der Waals surface area (Å²) in [6.07, 6.45) is 1.33. The van der Waals surface area contributed by atoms with Crippen LogP contribution in [-0.4, -0.2) is 13.2 Å². The van der Waals surface area contributed by atoms with Crippen LogP contribution in [0.4, 0.5) is 5.69 Å². The summed E-state index contributed by atoms with van der Waals surface area (Å²) in [5, 5.41) is 11.6. The molecule has 0 fully saturated rings. The number of hydrogen-bond acceptors (Lipinski definition) is 3. The van der Waals surface area contributed by atoms with Crippen LogP contribution in [0, 0.1) is 11.3 Å². The van der Waals surface area contributed by atoms with Gasteiger partial charge in [0.2, 0.25) is 0 Å². The molecule has 0 saturated heterocycles. The van der Waals surface area contributed by atoms with E-state index < -0.39 is 0 Å². The van der Waals surface area contributed by atoms with Gasteiger partial charge in [-0.2, -0.15) is 5.26 Å². The zero-order valence-electron chi connectivity index (χ0n) is 8.99. The Morgan fingerprint density at radius 2 is 2.33 bits per heavy atom. The Hall–Kier alpha value is -1.69. The second kappa shape index (κ2) is 6.72. The van der Waals surface area contributed by atoms with Crippen molar-refractivity contribution in [2.24, 2.45) is 0 Å². The fourth-order valence-electron chi connectivity index (χ4n) is 1.24. The molecule has 0 aromatic heterocycles. The van der Waals surface area contributed by atoms with E-state index in [9.17, 15) is 0 Å². The van der Waals surface area contributed by atoms with Gasteiger partial charge < -0.3 is 10.1 Å². The van der Waals surface area contributed by atoms with Crippen LogP contribution in [-0.2, 0) is 0 Å². The van der Waals surface area contributed by atoms with Crippen molar-refractivity contribution in [1.82, 2.24) is 0 Å². The molecule has 1 aromatic rings. The maximum Gasteiger partial charge on any atom is 0.121 e. The molecule has 1 rings (SSSR count). The van der Waals surface area contributed by atoms with Crippen LogP contribution >= 0.6 is 0 Å². The first-order chi connectivity index (χ1) is 7.36. The number of hydrogen-bond donors (Lipinski definition) is 1. The van der Waals surface area contributed by atoms with Gasteiger partial charge in [0.25, 0.3) is 0 Å². The highest BCUT2D eigenvalue weighted by Gasteiger charge is 1.95. The number of unbranched alkanes of at least 4 members (excludes halogenated alkanes) is 1. The molecule has 0 aliphatic carbocycles. The summed E-state index contributed by atoms with van der Waals surface area (Å²) >= 11 is 0. The molecule has 1 N–H and O–H groups in total. The summed E-state index contributed by atoms with van der Waals surface area (Å²) in [6, 6.07) is 9.95. The molecule has 3 nitrogen and oxygen atoms in total. The molecule has 0 atom stereocenters. The molecule has 0 saturated carbocycles. The van der Waals surface area contributed by atoms with E-state index in [0.717, 1.165) is 24.4 Å². The van der Waals surface area contributed by atoms with Crippen molar-refractivity contribution >= 4 is 5.69 Å². The summed E-state index contributed by atoms with van der Waals surface area (Å²) in [4.78, 5) is 0. The molecule has 0 heterocycles. The van der Waals surface area contributed by atoms with Gasteiger partial charge in [0.05, 0.1) is 12.7 Å². The molecule has 15 heavy (non-hydrogen) atoms. The Kier molecular flexibility index (Phi) is 5.10. The number of nitrogens with zero attached hydrogens (tertiary/aromatic N) is 1. The van der Waals surface area contributed by atoms with Gasteiger partial charge in [-0.25, -0.2) is 0 Å². The van der Waals surface area contributed by atoms with E-state index in [0.29, 0.717) is 13.0 Å². The Morgan fingerprint density at radius 1 is 1.47 bits per heavy atom. The van der Waals surface area contributed by atoms with Crippen molar-refractivity contribution in [2.75, 3.05) is 18.5 Å². The Labute approximate surface area is 90.7 Å². The molecular weight excluding hydrogens is 188 g/mol. The SMILES string of the molecule is CCNc1cccc(OCCCC#N)c1. The van der Waals surface area contributed by atoms with Crippen molar-refractivity contribution in [3.8, 4) is 11.8 Å². The highest BCUT2D eigenvalue weighted by atomic mass is 16.5. The topological polar surface area (TPSA) is 45.0 Å². The maximum absolute atomic E-state index is 8.36. The van der Waals surface area contributed by atoms with Gasteiger partial charge in [-0.1, -0.05) is 6.07 Å². The van der Waals surface area contributed by atoms with Gasteiger partial charge >= 0.3 is 0 Å². The number of nitriles is 1. The predicted molar refractivity (Wildman–Crippen MR) is 60.9 cm³/mol. The van der Waals surface area contributed by atoms with E-state index in [-0.39, 0.29) is 0 Å². The van der Waals surface area contributed by atoms with E-state index >= 15 is 0 Å². The van der Waals surface area contributed by atoms with Gasteiger partial charge in [-0.15, -0.1) is 0 Å². The average molecular weight is 204 g/mol. The van der Waals surface area contributed by atoms with Crippen LogP contribution in [0.2, 0.25) is 0 Å². The van der Waals surface area contributed by atoms with E-state index in [1.807, 2.05) is 24.3 Å². The fourth-order valence-corrected chi connectivity index (χ4v) is 1.24. The van der Waals surface area contributed by atoms with Crippen LogP contribution < -0.4 is 10.1 Å². The fraction of sp³-hybridized carbons (Fsp3) is 0.417. The van der Waals surface area contributed by atoms with Crippen LogP contribution in [0.3, 0.4) is 0 Å². The molecule has 0 unspecified atom stereocenters. The van der Waals surface area contributed by atoms with Crippen LogP contribution in [0.5, 0.6) is 5.75 Å². The summed E-state index contributed by atoms with van der Waals surface area (Å²) in [7, 11) is 0. The van der Waals surface area contributed by atoms with E-state index in [2.05, 4.69) is 18.3 Å². The van der Waals surface area contributed by atoms with Crippen LogP contribution in [0.1, 0.15) is 19.8 Å². The zero-order valence-corrected chi connectivity index (χ0v) is 8.99. The summed E-state index contributed by atoms with van der Waals surface area (Å²) in [5.41, 5.74) is 1.07. The number of benzene rings is 1. The minimum absolute atomic E-state index is 0.549. The molecule has 1 aromatic carbocycles. The van der Waals surface area contributed by atoms with Gasteiger partial charge in [0.1, 0.15) is 5.75 Å². The molecule has 0 radical (unpaired) electrons. The Bertz CT molecular complexity index is 331. The highest BCUT2D eigenvalue weighted by Crippen LogP contribution is 2.17. The van der Waals surface area contributed by atoms with E-state index in [1.54, 1.807) is 0 Å². The second-order valence-corrected chi connectivity index (χ2v) is 3.17. The monoisotopic (exact) mass is 204 g/mol. The first-order valence-electron chi connectivity index (χ1n) is 5.20. The first kappa shape index (κ1) is 11.4. The Balaban J connectivity index is 2.40. The van der Waals surface area contributed by atoms with Crippen LogP contribution in [0.15, 0.2) is 24.3 Å². The van der Waals surface area contributed by atoms with Crippen molar-refractivity contribution in [1.29, 1.82) is 5.26 Å². The molecule has 80 valence electrons. The molecule has 0 spiro atoms. The third-order valence-corrected chi connectivity index (χ3v) is 1.92. The number of rotatable bonds is 6. The largest absolute Gasteiger partial charge is 0.493 e. The number of ether oxygens (including phenoxy) is 1. The lowest BCUT2D eigenvalue weighted by molar-refractivity contribution is 0.313. The van der Waals surface area contributed by atoms with Gasteiger partial charge in [0.15, 0.2) is 0 Å². The lowest BCUT2D eigenvalue weighted by Crippen LogP contribution is -1.99. The first-order valence-corrected chi connectivity index (χ1v) is 5.20. The molecule has 0 aliphatic rings. The molecule has 3 heteroatoms. The normalized spacial score (nSPS) is 9.33. The molecule has 0 bridgehead atoms. The lowest BCUT2D eigenvalue weighted by atomic mass is 10.3. The van der Waals surface area contributed by atoms with Crippen molar-refractivity contribution < 1.29 is 4.74 Å². The van der Waals surface area contributed by atoms with Gasteiger partial charge in [-0.05, 0) is 25.5 Å². The molecule has 0 amide bonds. The predicted octanol–water partition coefficient (Wildman–Crippen LogP) is 2.80. The van der Waals surface area contributed by atoms with E-state index in [4.69, 9.17) is 10.00 Å². The highest BCUT2D eigenvalue weighted by molar-refractivity contribution is 5.47. The van der Waals surface area contributed by atoms with Crippen molar-refractivity contribution in [3.63, 3.8) is 0 Å². The van der Waals surface area contributed by atoms with Crippen LogP contribution in [0.25, 0.3) is 0 Å². The second-order valence-electron chi connectivity index (χ2n) is 3.17. The van der Waals surface area contributed by atoms with Gasteiger partial charge in [0, 0.05) is 24.7 Å². The molecule has 0 aliphatic heterocycles. The lowest BCUT2D eigenvalue weighted by Gasteiger charge is -2.07. The Morgan fingerprint density at radius 3 is 3.07 bits per heavy atom. The molecular formula is C12H16N2O. The third kappa shape index (κ3) is 4.37. The quantitative estimate of drug-likeness (QED) is 0.725. The zero-order chi connectivity index (χ0) is 10.9. The number of nitrogens with one attached hydrogen (secondary N) is 1. The smallest absolute Gasteiger partial charge is 0.121 e. The summed E-state index contributed by atoms with van der Waals surface area (Å²) < 4.78 is 5.50. The summed E-state index contributed by atoms with van der Waals surface area (Å²) in [6.45, 7) is 3.56. The average Bonchev–Trinajstić information content (AvgIpc) is 2.26. The third-order valence-electron chi connectivity index (χ3n) is 1.92. The number of anilines is 1. The van der Waals surface area contributed by atoms with Crippen molar-refractivity contribution in [3.05, 3.63) is 24.3 Å². The van der Waals surface area contributed by atoms with Gasteiger partial charge in [-0.3, -0.25) is 0 Å². The minimum Gasteiger partial charge on any atom is -0.493 e. The minimum atomic E-state index is 0.549.